The molecule has 0 radical (unpaired) electrons. The highest BCUT2D eigenvalue weighted by Crippen LogP contribution is 2.23. The van der Waals surface area contributed by atoms with Gasteiger partial charge in [-0.15, -0.1) is 0 Å². The first-order valence-electron chi connectivity index (χ1n) is 6.06. The zero-order chi connectivity index (χ0) is 15.5. The van der Waals surface area contributed by atoms with Crippen LogP contribution in [0.15, 0.2) is 6.07 Å². The zero-order valence-electron chi connectivity index (χ0n) is 11.4. The first-order valence-corrected chi connectivity index (χ1v) is 6.06. The minimum Gasteiger partial charge on any atom is -0.371 e. The Morgan fingerprint density at radius 1 is 1.15 bits per heavy atom. The molecule has 0 saturated carbocycles. The predicted octanol–water partition coefficient (Wildman–Crippen LogP) is 2.96. The van der Waals surface area contributed by atoms with Crippen molar-refractivity contribution in [3.05, 3.63) is 29.3 Å². The van der Waals surface area contributed by atoms with Gasteiger partial charge in [0, 0.05) is 11.6 Å². The van der Waals surface area contributed by atoms with E-state index in [2.05, 4.69) is 10.6 Å². The molecule has 1 amide bonds. The molecule has 2 N–H and O–H groups in total. The van der Waals surface area contributed by atoms with Crippen LogP contribution in [0.25, 0.3) is 0 Å². The second kappa shape index (κ2) is 6.11. The van der Waals surface area contributed by atoms with Gasteiger partial charge in [-0.1, -0.05) is 6.92 Å². The number of amides is 1. The highest BCUT2D eigenvalue weighted by atomic mass is 19.2. The van der Waals surface area contributed by atoms with E-state index in [-0.39, 0.29) is 6.07 Å². The number of nitrogens with one attached hydrogen (secondary N) is 2. The van der Waals surface area contributed by atoms with Gasteiger partial charge in [0.05, 0.1) is 6.54 Å². The van der Waals surface area contributed by atoms with Crippen LogP contribution in [0, 0.1) is 23.3 Å². The van der Waals surface area contributed by atoms with E-state index in [0.717, 1.165) is 0 Å². The molecule has 0 aliphatic rings. The molecule has 0 saturated heterocycles. The lowest BCUT2D eigenvalue weighted by atomic mass is 10.0. The van der Waals surface area contributed by atoms with Gasteiger partial charge in [-0.05, 0) is 20.3 Å². The molecule has 0 aromatic heterocycles. The zero-order valence-corrected chi connectivity index (χ0v) is 11.4. The second-order valence-electron chi connectivity index (χ2n) is 4.98. The van der Waals surface area contributed by atoms with Gasteiger partial charge in [0.2, 0.25) is 5.91 Å². The van der Waals surface area contributed by atoms with Gasteiger partial charge in [-0.2, -0.15) is 0 Å². The third-order valence-corrected chi connectivity index (χ3v) is 2.90. The summed E-state index contributed by atoms with van der Waals surface area (Å²) in [6.45, 7) is 4.90. The summed E-state index contributed by atoms with van der Waals surface area (Å²) in [5, 5.41) is 4.68. The van der Waals surface area contributed by atoms with Crippen LogP contribution in [-0.4, -0.2) is 18.0 Å². The van der Waals surface area contributed by atoms with E-state index in [4.69, 9.17) is 0 Å². The number of halogens is 4. The van der Waals surface area contributed by atoms with Crippen LogP contribution in [0.3, 0.4) is 0 Å². The second-order valence-corrected chi connectivity index (χ2v) is 4.98. The van der Waals surface area contributed by atoms with Crippen LogP contribution in [0.2, 0.25) is 0 Å². The van der Waals surface area contributed by atoms with Crippen LogP contribution in [0.1, 0.15) is 27.2 Å². The van der Waals surface area contributed by atoms with Gasteiger partial charge in [0.1, 0.15) is 5.69 Å². The fourth-order valence-corrected chi connectivity index (χ4v) is 1.41. The smallest absolute Gasteiger partial charge is 0.239 e. The van der Waals surface area contributed by atoms with Crippen molar-refractivity contribution in [1.29, 1.82) is 0 Å². The Balaban J connectivity index is 2.79. The van der Waals surface area contributed by atoms with Gasteiger partial charge in [-0.25, -0.2) is 17.6 Å². The molecule has 0 aliphatic carbocycles. The Morgan fingerprint density at radius 2 is 1.65 bits per heavy atom. The topological polar surface area (TPSA) is 41.1 Å². The highest BCUT2D eigenvalue weighted by molar-refractivity contribution is 5.81. The van der Waals surface area contributed by atoms with Crippen molar-refractivity contribution < 1.29 is 22.4 Å². The summed E-state index contributed by atoms with van der Waals surface area (Å²) in [6.07, 6.45) is 0.649. The maximum Gasteiger partial charge on any atom is 0.239 e. The van der Waals surface area contributed by atoms with Crippen LogP contribution < -0.4 is 10.6 Å². The molecule has 3 nitrogen and oxygen atoms in total. The van der Waals surface area contributed by atoms with Crippen molar-refractivity contribution in [2.45, 2.75) is 32.7 Å². The van der Waals surface area contributed by atoms with Gasteiger partial charge < -0.3 is 10.6 Å². The van der Waals surface area contributed by atoms with E-state index in [1.54, 1.807) is 13.8 Å². The number of carbonyl (C=O) groups excluding carboxylic acids is 1. The number of anilines is 1. The molecular weight excluding hydrogens is 276 g/mol. The molecule has 0 aliphatic heterocycles. The fourth-order valence-electron chi connectivity index (χ4n) is 1.41. The third kappa shape index (κ3) is 3.85. The van der Waals surface area contributed by atoms with Crippen molar-refractivity contribution in [3.63, 3.8) is 0 Å². The average Bonchev–Trinajstić information content (AvgIpc) is 2.36. The minimum absolute atomic E-state index is 0.107. The molecule has 0 heterocycles. The van der Waals surface area contributed by atoms with Crippen LogP contribution in [-0.2, 0) is 4.79 Å². The molecule has 112 valence electrons. The predicted molar refractivity (Wildman–Crippen MR) is 67.3 cm³/mol. The van der Waals surface area contributed by atoms with Crippen molar-refractivity contribution in [2.75, 3.05) is 11.9 Å². The average molecular weight is 292 g/mol. The highest BCUT2D eigenvalue weighted by Gasteiger charge is 2.21. The van der Waals surface area contributed by atoms with E-state index in [0.29, 0.717) is 6.42 Å². The van der Waals surface area contributed by atoms with E-state index < -0.39 is 46.9 Å². The molecule has 0 spiro atoms. The van der Waals surface area contributed by atoms with E-state index in [1.165, 1.54) is 0 Å². The van der Waals surface area contributed by atoms with Crippen molar-refractivity contribution in [2.24, 2.45) is 0 Å². The standard InChI is InChI=1S/C13H16F4N2O/c1-4-13(2,3)19-9(20)6-18-12-10(16)7(14)5-8(15)11(12)17/h5,18H,4,6H2,1-3H3,(H,19,20). The Hall–Kier alpha value is -1.79. The molecule has 1 aromatic carbocycles. The van der Waals surface area contributed by atoms with Crippen molar-refractivity contribution in [1.82, 2.24) is 5.32 Å². The van der Waals surface area contributed by atoms with Crippen molar-refractivity contribution in [3.8, 4) is 0 Å². The summed E-state index contributed by atoms with van der Waals surface area (Å²) < 4.78 is 52.5. The molecule has 0 fully saturated rings. The largest absolute Gasteiger partial charge is 0.371 e. The SMILES string of the molecule is CCC(C)(C)NC(=O)CNc1c(F)c(F)cc(F)c1F. The van der Waals surface area contributed by atoms with Crippen LogP contribution in [0.4, 0.5) is 23.2 Å². The monoisotopic (exact) mass is 292 g/mol. The van der Waals surface area contributed by atoms with Gasteiger partial charge in [0.25, 0.3) is 0 Å². The van der Waals surface area contributed by atoms with E-state index >= 15 is 0 Å². The summed E-state index contributed by atoms with van der Waals surface area (Å²) >= 11 is 0. The Labute approximate surface area is 114 Å². The van der Waals surface area contributed by atoms with Crippen LogP contribution in [0.5, 0.6) is 0 Å². The van der Waals surface area contributed by atoms with E-state index in [9.17, 15) is 22.4 Å². The number of hydrogen-bond acceptors (Lipinski definition) is 2. The number of hydrogen-bond donors (Lipinski definition) is 2. The van der Waals surface area contributed by atoms with Gasteiger partial charge in [0.15, 0.2) is 23.3 Å². The normalized spacial score (nSPS) is 11.3. The summed E-state index contributed by atoms with van der Waals surface area (Å²) in [5.41, 5.74) is -1.48. The number of benzene rings is 1. The maximum atomic E-state index is 13.3. The first kappa shape index (κ1) is 16.3. The lowest BCUT2D eigenvalue weighted by Gasteiger charge is -2.24. The maximum absolute atomic E-state index is 13.3. The molecular formula is C13H16F4N2O. The summed E-state index contributed by atoms with van der Waals surface area (Å²) in [7, 11) is 0. The molecule has 0 unspecified atom stereocenters. The lowest BCUT2D eigenvalue weighted by molar-refractivity contribution is -0.121. The summed E-state index contributed by atoms with van der Waals surface area (Å²) in [4.78, 5) is 11.6. The molecule has 0 atom stereocenters. The van der Waals surface area contributed by atoms with E-state index in [1.807, 2.05) is 6.92 Å². The Morgan fingerprint density at radius 3 is 2.10 bits per heavy atom. The molecule has 1 aromatic rings. The molecule has 20 heavy (non-hydrogen) atoms. The first-order chi connectivity index (χ1) is 9.18. The van der Waals surface area contributed by atoms with Gasteiger partial charge >= 0.3 is 0 Å². The Bertz CT molecular complexity index is 491. The molecule has 7 heteroatoms. The van der Waals surface area contributed by atoms with Crippen molar-refractivity contribution >= 4 is 11.6 Å². The Kier molecular flexibility index (Phi) is 4.97. The minimum atomic E-state index is -1.56. The summed E-state index contributed by atoms with van der Waals surface area (Å²) in [6, 6.07) is 0.107. The molecule has 0 bridgehead atoms. The third-order valence-electron chi connectivity index (χ3n) is 2.90. The quantitative estimate of drug-likeness (QED) is 0.647. The molecule has 1 rings (SSSR count). The van der Waals surface area contributed by atoms with Gasteiger partial charge in [-0.3, -0.25) is 4.79 Å². The van der Waals surface area contributed by atoms with Crippen LogP contribution >= 0.6 is 0 Å². The summed E-state index contributed by atoms with van der Waals surface area (Å²) in [5.74, 6) is -6.72. The fraction of sp³-hybridized carbons (Fsp3) is 0.462. The number of carbonyl (C=O) groups is 1. The lowest BCUT2D eigenvalue weighted by Crippen LogP contribution is -2.45. The number of rotatable bonds is 5.